The Bertz CT molecular complexity index is 346. The summed E-state index contributed by atoms with van der Waals surface area (Å²) in [6.07, 6.45) is 0. The minimum Gasteiger partial charge on any atom is -0.324 e. The largest absolute Gasteiger partial charge is 0.324 e. The van der Waals surface area contributed by atoms with Gasteiger partial charge in [0.15, 0.2) is 0 Å². The minimum absolute atomic E-state index is 0.0172. The first-order valence-electron chi connectivity index (χ1n) is 5.93. The van der Waals surface area contributed by atoms with Crippen LogP contribution < -0.4 is 5.73 Å². The second-order valence-electron chi connectivity index (χ2n) is 5.72. The van der Waals surface area contributed by atoms with Gasteiger partial charge in [-0.3, -0.25) is 0 Å². The summed E-state index contributed by atoms with van der Waals surface area (Å²) in [7, 11) is 0. The summed E-state index contributed by atoms with van der Waals surface area (Å²) < 4.78 is 2.18. The zero-order chi connectivity index (χ0) is 12.5. The third-order valence-electron chi connectivity index (χ3n) is 3.02. The van der Waals surface area contributed by atoms with Crippen LogP contribution in [0, 0.1) is 5.92 Å². The van der Waals surface area contributed by atoms with Crippen LogP contribution >= 0.6 is 0 Å². The number of rotatable bonds is 3. The van der Waals surface area contributed by atoms with E-state index in [4.69, 9.17) is 5.73 Å². The van der Waals surface area contributed by atoms with Crippen LogP contribution in [0.1, 0.15) is 59.1 Å². The van der Waals surface area contributed by atoms with Crippen molar-refractivity contribution in [3.05, 3.63) is 11.6 Å². The van der Waals surface area contributed by atoms with Crippen molar-refractivity contribution in [2.24, 2.45) is 11.7 Å². The second-order valence-corrected chi connectivity index (χ2v) is 5.72. The van der Waals surface area contributed by atoms with Crippen molar-refractivity contribution in [1.29, 1.82) is 0 Å². The van der Waals surface area contributed by atoms with Crippen LogP contribution in [-0.2, 0) is 12.1 Å². The molecule has 0 spiro atoms. The topological polar surface area (TPSA) is 56.7 Å². The Kier molecular flexibility index (Phi) is 3.73. The number of hydrogen-bond donors (Lipinski definition) is 1. The molecule has 0 aliphatic rings. The lowest BCUT2D eigenvalue weighted by Crippen LogP contribution is -2.29. The summed E-state index contributed by atoms with van der Waals surface area (Å²) in [5, 5.41) is 8.50. The molecule has 0 radical (unpaired) electrons. The van der Waals surface area contributed by atoms with E-state index in [1.54, 1.807) is 0 Å². The van der Waals surface area contributed by atoms with E-state index in [0.717, 1.165) is 11.6 Å². The van der Waals surface area contributed by atoms with Crippen LogP contribution in [0.3, 0.4) is 0 Å². The van der Waals surface area contributed by atoms with E-state index in [1.807, 2.05) is 0 Å². The molecule has 1 heterocycles. The first kappa shape index (κ1) is 13.2. The maximum atomic E-state index is 5.71. The lowest BCUT2D eigenvalue weighted by atomic mass is 9.96. The molecule has 2 N–H and O–H groups in total. The molecular weight excluding hydrogens is 200 g/mol. The van der Waals surface area contributed by atoms with E-state index in [1.165, 1.54) is 0 Å². The van der Waals surface area contributed by atoms with Crippen LogP contribution in [0.2, 0.25) is 0 Å². The molecule has 1 unspecified atom stereocenters. The van der Waals surface area contributed by atoms with Crippen molar-refractivity contribution in [3.8, 4) is 0 Å². The van der Waals surface area contributed by atoms with Gasteiger partial charge in [-0.2, -0.15) is 0 Å². The quantitative estimate of drug-likeness (QED) is 0.856. The second kappa shape index (κ2) is 4.53. The lowest BCUT2D eigenvalue weighted by molar-refractivity contribution is 0.349. The van der Waals surface area contributed by atoms with Gasteiger partial charge in [-0.05, 0) is 26.7 Å². The summed E-state index contributed by atoms with van der Waals surface area (Å²) in [6, 6.07) is 0. The van der Waals surface area contributed by atoms with Gasteiger partial charge in [-0.15, -0.1) is 10.2 Å². The smallest absolute Gasteiger partial charge is 0.147 e. The van der Waals surface area contributed by atoms with Crippen molar-refractivity contribution in [2.45, 2.75) is 59.5 Å². The average Bonchev–Trinajstić information content (AvgIpc) is 2.58. The summed E-state index contributed by atoms with van der Waals surface area (Å²) in [5.41, 5.74) is 5.70. The van der Waals surface area contributed by atoms with Gasteiger partial charge in [0, 0.05) is 11.5 Å². The summed E-state index contributed by atoms with van der Waals surface area (Å²) in [5.74, 6) is 2.86. The van der Waals surface area contributed by atoms with Gasteiger partial charge in [0.25, 0.3) is 0 Å². The highest BCUT2D eigenvalue weighted by Gasteiger charge is 2.26. The Balaban J connectivity index is 3.25. The highest BCUT2D eigenvalue weighted by Crippen LogP contribution is 2.27. The SMILES string of the molecule is CC(C)C(C)c1nnc(CN)n1C(C)(C)C. The van der Waals surface area contributed by atoms with Crippen molar-refractivity contribution in [3.63, 3.8) is 0 Å². The fourth-order valence-electron chi connectivity index (χ4n) is 1.79. The Morgan fingerprint density at radius 2 is 1.75 bits per heavy atom. The summed E-state index contributed by atoms with van der Waals surface area (Å²) in [4.78, 5) is 0. The van der Waals surface area contributed by atoms with E-state index in [0.29, 0.717) is 18.4 Å². The van der Waals surface area contributed by atoms with E-state index in [2.05, 4.69) is 56.3 Å². The van der Waals surface area contributed by atoms with Gasteiger partial charge in [0.2, 0.25) is 0 Å². The van der Waals surface area contributed by atoms with Gasteiger partial charge >= 0.3 is 0 Å². The number of nitrogens with two attached hydrogens (primary N) is 1. The van der Waals surface area contributed by atoms with Crippen molar-refractivity contribution < 1.29 is 0 Å². The number of hydrogen-bond acceptors (Lipinski definition) is 3. The molecule has 0 aliphatic heterocycles. The molecule has 0 aliphatic carbocycles. The van der Waals surface area contributed by atoms with Crippen LogP contribution in [0.15, 0.2) is 0 Å². The van der Waals surface area contributed by atoms with Gasteiger partial charge in [0.05, 0.1) is 6.54 Å². The Labute approximate surface area is 98.2 Å². The van der Waals surface area contributed by atoms with Crippen molar-refractivity contribution in [1.82, 2.24) is 14.8 Å². The molecule has 4 nitrogen and oxygen atoms in total. The lowest BCUT2D eigenvalue weighted by Gasteiger charge is -2.27. The predicted octanol–water partition coefficient (Wildman–Crippen LogP) is 2.25. The standard InChI is InChI=1S/C12H24N4/c1-8(2)9(3)11-15-14-10(7-13)16(11)12(4,5)6/h8-9H,7,13H2,1-6H3. The molecule has 1 atom stereocenters. The molecule has 1 aromatic heterocycles. The minimum atomic E-state index is -0.0172. The van der Waals surface area contributed by atoms with Crippen molar-refractivity contribution >= 4 is 0 Å². The normalized spacial score (nSPS) is 14.5. The zero-order valence-electron chi connectivity index (χ0n) is 11.3. The highest BCUT2D eigenvalue weighted by molar-refractivity contribution is 5.06. The average molecular weight is 224 g/mol. The molecule has 4 heteroatoms. The fourth-order valence-corrected chi connectivity index (χ4v) is 1.79. The van der Waals surface area contributed by atoms with Gasteiger partial charge in [-0.25, -0.2) is 0 Å². The number of aromatic nitrogens is 3. The molecule has 1 aromatic rings. The first-order chi connectivity index (χ1) is 7.29. The summed E-state index contributed by atoms with van der Waals surface area (Å²) in [6.45, 7) is 13.5. The molecule has 0 saturated carbocycles. The third kappa shape index (κ3) is 2.43. The highest BCUT2D eigenvalue weighted by atomic mass is 15.3. The van der Waals surface area contributed by atoms with Gasteiger partial charge in [0.1, 0.15) is 11.6 Å². The van der Waals surface area contributed by atoms with Gasteiger partial charge in [-0.1, -0.05) is 20.8 Å². The van der Waals surface area contributed by atoms with Crippen LogP contribution in [-0.4, -0.2) is 14.8 Å². The first-order valence-corrected chi connectivity index (χ1v) is 5.93. The van der Waals surface area contributed by atoms with E-state index in [9.17, 15) is 0 Å². The van der Waals surface area contributed by atoms with Gasteiger partial charge < -0.3 is 10.3 Å². The monoisotopic (exact) mass is 224 g/mol. The Morgan fingerprint density at radius 3 is 2.12 bits per heavy atom. The van der Waals surface area contributed by atoms with E-state index < -0.39 is 0 Å². The zero-order valence-corrected chi connectivity index (χ0v) is 11.3. The molecule has 1 rings (SSSR count). The van der Waals surface area contributed by atoms with Crippen LogP contribution in [0.25, 0.3) is 0 Å². The van der Waals surface area contributed by atoms with E-state index in [-0.39, 0.29) is 5.54 Å². The number of nitrogens with zero attached hydrogens (tertiary/aromatic N) is 3. The Hall–Kier alpha value is -0.900. The fraction of sp³-hybridized carbons (Fsp3) is 0.833. The predicted molar refractivity (Wildman–Crippen MR) is 66.2 cm³/mol. The van der Waals surface area contributed by atoms with Crippen molar-refractivity contribution in [2.75, 3.05) is 0 Å². The van der Waals surface area contributed by atoms with E-state index >= 15 is 0 Å². The van der Waals surface area contributed by atoms with Crippen LogP contribution in [0.4, 0.5) is 0 Å². The van der Waals surface area contributed by atoms with Crippen LogP contribution in [0.5, 0.6) is 0 Å². The molecule has 92 valence electrons. The maximum Gasteiger partial charge on any atom is 0.147 e. The molecule has 0 bridgehead atoms. The molecular formula is C12H24N4. The molecule has 0 fully saturated rings. The third-order valence-corrected chi connectivity index (χ3v) is 3.02. The molecule has 0 amide bonds. The molecule has 0 saturated heterocycles. The summed E-state index contributed by atoms with van der Waals surface area (Å²) >= 11 is 0. The maximum absolute atomic E-state index is 5.71. The molecule has 0 aromatic carbocycles. The Morgan fingerprint density at radius 1 is 1.19 bits per heavy atom. The molecule has 16 heavy (non-hydrogen) atoms.